The van der Waals surface area contributed by atoms with Crippen LogP contribution in [0.15, 0.2) is 205 Å². The first-order chi connectivity index (χ1) is 43.9. The Morgan fingerprint density at radius 1 is 0.356 bits per heavy atom. The molecule has 0 unspecified atom stereocenters. The van der Waals surface area contributed by atoms with Crippen molar-refractivity contribution in [1.29, 1.82) is 0 Å². The summed E-state index contributed by atoms with van der Waals surface area (Å²) in [6.45, 7) is 18.0. The van der Waals surface area contributed by atoms with Gasteiger partial charge in [0, 0.05) is 44.0 Å². The fourth-order valence-electron chi connectivity index (χ4n) is 16.1. The zero-order valence-electron chi connectivity index (χ0n) is 53.7. The van der Waals surface area contributed by atoms with Crippen molar-refractivity contribution in [2.24, 2.45) is 0 Å². The molecular formula is C86H82N2O2. The summed E-state index contributed by atoms with van der Waals surface area (Å²) in [5.41, 5.74) is 24.8. The van der Waals surface area contributed by atoms with E-state index in [1.807, 2.05) is 0 Å². The van der Waals surface area contributed by atoms with Crippen molar-refractivity contribution in [3.05, 3.63) is 245 Å². The summed E-state index contributed by atoms with van der Waals surface area (Å²) in [5, 5.41) is 23.3. The van der Waals surface area contributed by atoms with Crippen molar-refractivity contribution in [2.75, 3.05) is 9.80 Å². The van der Waals surface area contributed by atoms with Gasteiger partial charge in [0.2, 0.25) is 0 Å². The van der Waals surface area contributed by atoms with Gasteiger partial charge in [0.15, 0.2) is 5.58 Å². The molecule has 0 bridgehead atoms. The number of phenols is 1. The molecule has 2 saturated carbocycles. The number of hydrogen-bond acceptors (Lipinski definition) is 4. The van der Waals surface area contributed by atoms with Gasteiger partial charge in [-0.2, -0.15) is 0 Å². The molecule has 15 rings (SSSR count). The number of aryl methyl sites for hydroxylation is 4. The Balaban J connectivity index is 1.03. The van der Waals surface area contributed by atoms with Gasteiger partial charge in [-0.05, 0) is 208 Å². The highest BCUT2D eigenvalue weighted by Crippen LogP contribution is 2.56. The monoisotopic (exact) mass is 1170 g/mol. The Labute approximate surface area is 531 Å². The lowest BCUT2D eigenvalue weighted by Crippen LogP contribution is -2.16. The molecule has 12 aromatic carbocycles. The second-order valence-electron chi connectivity index (χ2n) is 27.1. The Morgan fingerprint density at radius 3 is 1.38 bits per heavy atom. The third-order valence-corrected chi connectivity index (χ3v) is 20.6. The van der Waals surface area contributed by atoms with Crippen molar-refractivity contribution in [3.8, 4) is 39.1 Å². The van der Waals surface area contributed by atoms with E-state index < -0.39 is 0 Å². The summed E-state index contributed by atoms with van der Waals surface area (Å²) in [5.74, 6) is 1.75. The third-order valence-electron chi connectivity index (χ3n) is 20.6. The highest BCUT2D eigenvalue weighted by Gasteiger charge is 2.32. The molecule has 1 N–H and O–H groups in total. The summed E-state index contributed by atoms with van der Waals surface area (Å²) < 4.78 is 7.51. The molecule has 0 spiro atoms. The number of aromatic hydroxyl groups is 1. The summed E-state index contributed by atoms with van der Waals surface area (Å²) >= 11 is 0. The van der Waals surface area contributed by atoms with Crippen LogP contribution in [-0.4, -0.2) is 5.11 Å². The number of phenolic OH excluding ortho intramolecular Hbond substituents is 1. The van der Waals surface area contributed by atoms with Crippen LogP contribution >= 0.6 is 0 Å². The van der Waals surface area contributed by atoms with Gasteiger partial charge in [-0.25, -0.2) is 0 Å². The number of nitrogens with zero attached hydrogens (tertiary/aromatic N) is 2. The van der Waals surface area contributed by atoms with Crippen LogP contribution in [0.4, 0.5) is 34.1 Å². The van der Waals surface area contributed by atoms with Gasteiger partial charge < -0.3 is 19.3 Å². The zero-order valence-corrected chi connectivity index (χ0v) is 53.7. The number of para-hydroxylation sites is 3. The smallest absolute Gasteiger partial charge is 0.159 e. The summed E-state index contributed by atoms with van der Waals surface area (Å²) in [7, 11) is 0. The van der Waals surface area contributed by atoms with Gasteiger partial charge in [0.1, 0.15) is 11.3 Å². The van der Waals surface area contributed by atoms with Gasteiger partial charge in [-0.15, -0.1) is 0 Å². The summed E-state index contributed by atoms with van der Waals surface area (Å²) in [4.78, 5) is 5.01. The first-order valence-electron chi connectivity index (χ1n) is 33.5. The first kappa shape index (κ1) is 57.3. The van der Waals surface area contributed by atoms with Crippen LogP contribution in [0.5, 0.6) is 5.75 Å². The molecule has 0 atom stereocenters. The van der Waals surface area contributed by atoms with Crippen LogP contribution in [-0.2, 0) is 0 Å². The number of fused-ring (bicyclic) bond motifs is 3. The molecule has 2 fully saturated rings. The minimum atomic E-state index is 0.264. The maximum atomic E-state index is 13.4. The highest BCUT2D eigenvalue weighted by atomic mass is 16.3. The molecule has 0 radical (unpaired) electrons. The van der Waals surface area contributed by atoms with Crippen LogP contribution < -0.4 is 9.80 Å². The van der Waals surface area contributed by atoms with E-state index in [0.29, 0.717) is 23.7 Å². The molecule has 4 heteroatoms. The summed E-state index contributed by atoms with van der Waals surface area (Å²) in [6.07, 6.45) is 12.0. The fraction of sp³-hybridized carbons (Fsp3) is 0.256. The van der Waals surface area contributed by atoms with E-state index in [4.69, 9.17) is 4.42 Å². The van der Waals surface area contributed by atoms with Crippen LogP contribution in [0.2, 0.25) is 0 Å². The first-order valence-corrected chi connectivity index (χ1v) is 33.5. The zero-order chi connectivity index (χ0) is 61.5. The molecule has 2 aliphatic rings. The van der Waals surface area contributed by atoms with Gasteiger partial charge in [-0.3, -0.25) is 0 Å². The lowest BCUT2D eigenvalue weighted by atomic mass is 9.77. The molecule has 0 aliphatic heterocycles. The second-order valence-corrected chi connectivity index (χ2v) is 27.1. The minimum Gasteiger partial charge on any atom is -0.505 e. The molecular weight excluding hydrogens is 1090 g/mol. The van der Waals surface area contributed by atoms with E-state index >= 15 is 0 Å². The van der Waals surface area contributed by atoms with Crippen molar-refractivity contribution < 1.29 is 9.52 Å². The SMILES string of the molecule is Cc1ccc(C)c(N(c2cccc(-c3cccc(-c4ccccc4C(C)C)c3)c2O)c2cc(C3CCCCC3)c3ccc4c(N(c5cc(C)ccc5C)c5cccc6c5oc5c(-c7ccccc7C(C)C)cccc56)cc(C5CCCCC5)c5ccc2c3c54)c1. The second kappa shape index (κ2) is 23.4. The van der Waals surface area contributed by atoms with E-state index in [9.17, 15) is 5.11 Å². The number of anilines is 6. The van der Waals surface area contributed by atoms with E-state index in [2.05, 4.69) is 265 Å². The molecule has 0 amide bonds. The standard InChI is InChI=1S/C86H82N2O2/c1-52(2)62-29-15-17-31-64(62)60-27-19-28-61(49-60)65-33-21-37-76(84(65)89)87(78-47-54(5)39-41-56(78)7)80-50-74(58-23-11-9-12-24-58)67-44-46-73-81(51-75(59-25-13-10-14-26-59)68-43-45-72(80)82(67)83(68)73)88(79-48-55(6)40-42-57(79)8)77-38-22-36-71-70-35-20-34-69(85(70)90-86(71)77)66-32-18-16-30-63(66)53(3)4/h15-22,27-53,58-59,89H,9-14,23-26H2,1-8H3. The minimum absolute atomic E-state index is 0.264. The molecule has 13 aromatic rings. The lowest BCUT2D eigenvalue weighted by Gasteiger charge is -2.34. The normalized spacial score (nSPS) is 14.4. The van der Waals surface area contributed by atoms with Crippen LogP contribution in [0.3, 0.4) is 0 Å². The number of furan rings is 1. The number of rotatable bonds is 13. The third kappa shape index (κ3) is 9.81. The van der Waals surface area contributed by atoms with Crippen LogP contribution in [0, 0.1) is 27.7 Å². The molecule has 1 heterocycles. The predicted molar refractivity (Wildman–Crippen MR) is 384 cm³/mol. The van der Waals surface area contributed by atoms with E-state index in [0.717, 1.165) is 104 Å². The van der Waals surface area contributed by atoms with Gasteiger partial charge in [-0.1, -0.05) is 224 Å². The largest absolute Gasteiger partial charge is 0.505 e. The van der Waals surface area contributed by atoms with E-state index in [-0.39, 0.29) is 5.75 Å². The molecule has 0 saturated heterocycles. The Morgan fingerprint density at radius 2 is 0.800 bits per heavy atom. The van der Waals surface area contributed by atoms with Crippen molar-refractivity contribution in [3.63, 3.8) is 0 Å². The quantitative estimate of drug-likeness (QED) is 0.117. The molecule has 448 valence electrons. The van der Waals surface area contributed by atoms with Gasteiger partial charge in [0.05, 0.1) is 22.7 Å². The van der Waals surface area contributed by atoms with Crippen LogP contribution in [0.1, 0.15) is 160 Å². The highest BCUT2D eigenvalue weighted by molar-refractivity contribution is 6.30. The fourth-order valence-corrected chi connectivity index (χ4v) is 16.1. The van der Waals surface area contributed by atoms with Crippen molar-refractivity contribution in [1.82, 2.24) is 0 Å². The maximum absolute atomic E-state index is 13.4. The summed E-state index contributed by atoms with van der Waals surface area (Å²) in [6, 6.07) is 75.1. The molecule has 4 nitrogen and oxygen atoms in total. The van der Waals surface area contributed by atoms with Gasteiger partial charge >= 0.3 is 0 Å². The van der Waals surface area contributed by atoms with Crippen molar-refractivity contribution >= 4 is 88.4 Å². The molecule has 2 aliphatic carbocycles. The van der Waals surface area contributed by atoms with Crippen molar-refractivity contribution in [2.45, 2.75) is 143 Å². The predicted octanol–water partition coefficient (Wildman–Crippen LogP) is 25.7. The average molecular weight is 1180 g/mol. The lowest BCUT2D eigenvalue weighted by molar-refractivity contribution is 0.445. The van der Waals surface area contributed by atoms with Crippen LogP contribution in [0.25, 0.3) is 87.6 Å². The number of benzene rings is 12. The molecule has 1 aromatic heterocycles. The maximum Gasteiger partial charge on any atom is 0.159 e. The Hall–Kier alpha value is -9.12. The van der Waals surface area contributed by atoms with E-state index in [1.165, 1.54) is 127 Å². The molecule has 90 heavy (non-hydrogen) atoms. The Bertz CT molecular complexity index is 4890. The number of hydrogen-bond donors (Lipinski definition) is 1. The van der Waals surface area contributed by atoms with E-state index in [1.54, 1.807) is 0 Å². The van der Waals surface area contributed by atoms with Gasteiger partial charge in [0.25, 0.3) is 0 Å². The topological polar surface area (TPSA) is 39.9 Å². The average Bonchev–Trinajstić information content (AvgIpc) is 0.759. The Kier molecular flexibility index (Phi) is 14.9.